The maximum absolute atomic E-state index is 14.5. The normalized spacial score (nSPS) is 10.6. The number of ether oxygens (including phenoxy) is 1. The van der Waals surface area contributed by atoms with Gasteiger partial charge in [-0.2, -0.15) is 0 Å². The molecule has 0 amide bonds. The van der Waals surface area contributed by atoms with E-state index in [2.05, 4.69) is 15.3 Å². The van der Waals surface area contributed by atoms with Crippen molar-refractivity contribution in [3.8, 4) is 28.3 Å². The number of aldehydes is 2. The number of carbonyl (C=O) groups is 2. The van der Waals surface area contributed by atoms with Crippen LogP contribution >= 0.6 is 0 Å². The van der Waals surface area contributed by atoms with E-state index in [-0.39, 0.29) is 17.3 Å². The zero-order chi connectivity index (χ0) is 24.2. The first-order valence-corrected chi connectivity index (χ1v) is 10.5. The smallest absolute Gasteiger partial charge is 0.224 e. The SMILES string of the molecule is COc1nc(-c2cccc(-c3cccc(Nc4nccc(C=O)c4F)c3C)c2C)ccc1C=O. The average Bonchev–Trinajstić information content (AvgIpc) is 2.86. The number of hydrogen-bond donors (Lipinski definition) is 1. The lowest BCUT2D eigenvalue weighted by molar-refractivity contribution is 0.111. The fourth-order valence-corrected chi connectivity index (χ4v) is 3.89. The van der Waals surface area contributed by atoms with Gasteiger partial charge in [0.1, 0.15) is 0 Å². The Labute approximate surface area is 196 Å². The first-order valence-electron chi connectivity index (χ1n) is 10.5. The lowest BCUT2D eigenvalue weighted by atomic mass is 9.91. The first-order chi connectivity index (χ1) is 16.5. The van der Waals surface area contributed by atoms with E-state index in [1.165, 1.54) is 19.4 Å². The Bertz CT molecular complexity index is 1400. The predicted molar refractivity (Wildman–Crippen MR) is 129 cm³/mol. The summed E-state index contributed by atoms with van der Waals surface area (Å²) in [4.78, 5) is 30.8. The van der Waals surface area contributed by atoms with Gasteiger partial charge < -0.3 is 10.1 Å². The van der Waals surface area contributed by atoms with Crippen LogP contribution in [0.15, 0.2) is 60.8 Å². The molecule has 4 aromatic rings. The van der Waals surface area contributed by atoms with Crippen molar-refractivity contribution in [2.45, 2.75) is 13.8 Å². The summed E-state index contributed by atoms with van der Waals surface area (Å²) in [5.74, 6) is -0.437. The lowest BCUT2D eigenvalue weighted by Crippen LogP contribution is -2.02. The van der Waals surface area contributed by atoms with Gasteiger partial charge in [0.15, 0.2) is 24.2 Å². The molecule has 7 heteroatoms. The van der Waals surface area contributed by atoms with E-state index < -0.39 is 5.82 Å². The van der Waals surface area contributed by atoms with Gasteiger partial charge in [0.2, 0.25) is 5.88 Å². The number of methoxy groups -OCH3 is 1. The highest BCUT2D eigenvalue weighted by Gasteiger charge is 2.16. The molecule has 6 nitrogen and oxygen atoms in total. The third-order valence-corrected chi connectivity index (χ3v) is 5.74. The second kappa shape index (κ2) is 9.62. The van der Waals surface area contributed by atoms with E-state index in [4.69, 9.17) is 4.74 Å². The summed E-state index contributed by atoms with van der Waals surface area (Å²) in [6.45, 7) is 3.94. The zero-order valence-corrected chi connectivity index (χ0v) is 18.9. The van der Waals surface area contributed by atoms with E-state index in [0.717, 1.165) is 27.8 Å². The molecule has 0 atom stereocenters. The van der Waals surface area contributed by atoms with Gasteiger partial charge in [-0.25, -0.2) is 14.4 Å². The number of benzene rings is 2. The Kier molecular flexibility index (Phi) is 6.45. The zero-order valence-electron chi connectivity index (χ0n) is 18.9. The number of hydrogen-bond acceptors (Lipinski definition) is 6. The van der Waals surface area contributed by atoms with Gasteiger partial charge in [0, 0.05) is 17.4 Å². The number of nitrogens with one attached hydrogen (secondary N) is 1. The van der Waals surface area contributed by atoms with Crippen molar-refractivity contribution >= 4 is 24.1 Å². The van der Waals surface area contributed by atoms with Crippen molar-refractivity contribution in [2.24, 2.45) is 0 Å². The number of nitrogens with zero attached hydrogens (tertiary/aromatic N) is 2. The molecule has 4 rings (SSSR count). The van der Waals surface area contributed by atoms with Crippen LogP contribution in [0.3, 0.4) is 0 Å². The molecular weight excluding hydrogens is 433 g/mol. The van der Waals surface area contributed by atoms with Crippen molar-refractivity contribution in [3.05, 3.63) is 88.9 Å². The summed E-state index contributed by atoms with van der Waals surface area (Å²) >= 11 is 0. The van der Waals surface area contributed by atoms with E-state index in [1.54, 1.807) is 12.1 Å². The summed E-state index contributed by atoms with van der Waals surface area (Å²) in [5.41, 5.74) is 6.40. The number of aromatic nitrogens is 2. The number of anilines is 2. The van der Waals surface area contributed by atoms with Gasteiger partial charge in [-0.15, -0.1) is 0 Å². The summed E-state index contributed by atoms with van der Waals surface area (Å²) in [6, 6.07) is 16.4. The summed E-state index contributed by atoms with van der Waals surface area (Å²) in [7, 11) is 1.48. The fraction of sp³-hybridized carbons (Fsp3) is 0.111. The van der Waals surface area contributed by atoms with Crippen LogP contribution < -0.4 is 10.1 Å². The third kappa shape index (κ3) is 4.15. The number of pyridine rings is 2. The molecule has 2 aromatic carbocycles. The fourth-order valence-electron chi connectivity index (χ4n) is 3.89. The molecule has 0 saturated heterocycles. The Morgan fingerprint density at radius 1 is 0.853 bits per heavy atom. The van der Waals surface area contributed by atoms with Crippen molar-refractivity contribution in [1.82, 2.24) is 9.97 Å². The maximum Gasteiger partial charge on any atom is 0.224 e. The number of halogens is 1. The molecule has 170 valence electrons. The molecule has 0 unspecified atom stereocenters. The van der Waals surface area contributed by atoms with Gasteiger partial charge >= 0.3 is 0 Å². The van der Waals surface area contributed by atoms with Crippen molar-refractivity contribution < 1.29 is 18.7 Å². The highest BCUT2D eigenvalue weighted by Crippen LogP contribution is 2.36. The van der Waals surface area contributed by atoms with Crippen LogP contribution in [0.5, 0.6) is 5.88 Å². The second-order valence-electron chi connectivity index (χ2n) is 7.67. The van der Waals surface area contributed by atoms with Crippen molar-refractivity contribution in [3.63, 3.8) is 0 Å². The van der Waals surface area contributed by atoms with E-state index in [9.17, 15) is 14.0 Å². The maximum atomic E-state index is 14.5. The predicted octanol–water partition coefficient (Wildman–Crippen LogP) is 5.94. The van der Waals surface area contributed by atoms with Crippen LogP contribution in [0.25, 0.3) is 22.4 Å². The Balaban J connectivity index is 1.77. The van der Waals surface area contributed by atoms with Gasteiger partial charge in [-0.05, 0) is 60.4 Å². The van der Waals surface area contributed by atoms with Crippen LogP contribution in [-0.4, -0.2) is 29.7 Å². The monoisotopic (exact) mass is 455 g/mol. The van der Waals surface area contributed by atoms with E-state index in [1.807, 2.05) is 50.2 Å². The molecule has 0 fully saturated rings. The highest BCUT2D eigenvalue weighted by molar-refractivity contribution is 5.84. The molecule has 1 N–H and O–H groups in total. The van der Waals surface area contributed by atoms with Crippen LogP contribution in [0, 0.1) is 19.7 Å². The van der Waals surface area contributed by atoms with Crippen molar-refractivity contribution in [1.29, 1.82) is 0 Å². The van der Waals surface area contributed by atoms with E-state index >= 15 is 0 Å². The summed E-state index contributed by atoms with van der Waals surface area (Å²) in [6.07, 6.45) is 2.56. The van der Waals surface area contributed by atoms with Gasteiger partial charge in [-0.1, -0.05) is 30.3 Å². The second-order valence-corrected chi connectivity index (χ2v) is 7.67. The average molecular weight is 455 g/mol. The summed E-state index contributed by atoms with van der Waals surface area (Å²) in [5, 5.41) is 3.01. The molecule has 0 radical (unpaired) electrons. The molecule has 34 heavy (non-hydrogen) atoms. The first kappa shape index (κ1) is 22.8. The third-order valence-electron chi connectivity index (χ3n) is 5.74. The van der Waals surface area contributed by atoms with Crippen molar-refractivity contribution in [2.75, 3.05) is 12.4 Å². The van der Waals surface area contributed by atoms with Crippen LogP contribution in [0.2, 0.25) is 0 Å². The molecule has 0 saturated carbocycles. The van der Waals surface area contributed by atoms with Crippen LogP contribution in [-0.2, 0) is 0 Å². The van der Waals surface area contributed by atoms with Crippen LogP contribution in [0.4, 0.5) is 15.9 Å². The molecular formula is C27H22FN3O3. The quantitative estimate of drug-likeness (QED) is 0.347. The molecule has 0 aliphatic heterocycles. The van der Waals surface area contributed by atoms with Gasteiger partial charge in [0.25, 0.3) is 0 Å². The Morgan fingerprint density at radius 3 is 2.24 bits per heavy atom. The number of rotatable bonds is 7. The Morgan fingerprint density at radius 2 is 1.53 bits per heavy atom. The minimum atomic E-state index is -0.695. The minimum Gasteiger partial charge on any atom is -0.480 e. The number of carbonyl (C=O) groups excluding carboxylic acids is 2. The van der Waals surface area contributed by atoms with Gasteiger partial charge in [0.05, 0.1) is 23.9 Å². The lowest BCUT2D eigenvalue weighted by Gasteiger charge is -2.17. The Hall–Kier alpha value is -4.39. The minimum absolute atomic E-state index is 0.0121. The van der Waals surface area contributed by atoms with E-state index in [0.29, 0.717) is 29.5 Å². The summed E-state index contributed by atoms with van der Waals surface area (Å²) < 4.78 is 19.8. The molecule has 0 bridgehead atoms. The molecule has 2 aromatic heterocycles. The molecule has 2 heterocycles. The molecule has 0 aliphatic rings. The largest absolute Gasteiger partial charge is 0.480 e. The highest BCUT2D eigenvalue weighted by atomic mass is 19.1. The van der Waals surface area contributed by atoms with Crippen LogP contribution in [0.1, 0.15) is 31.8 Å². The van der Waals surface area contributed by atoms with Gasteiger partial charge in [-0.3, -0.25) is 9.59 Å². The standard InChI is InChI=1S/C27H22FN3O3/c1-16-20(6-4-8-22(16)24-11-10-19(15-33)27(31-24)34-3)21-7-5-9-23(17(21)2)30-26-25(28)18(14-32)12-13-29-26/h4-15H,1-3H3,(H,29,30). The topological polar surface area (TPSA) is 81.2 Å². The molecule has 0 aliphatic carbocycles. The molecule has 0 spiro atoms.